The van der Waals surface area contributed by atoms with Gasteiger partial charge >= 0.3 is 0 Å². The fourth-order valence-corrected chi connectivity index (χ4v) is 9.35. The average Bonchev–Trinajstić information content (AvgIpc) is 3.31. The van der Waals surface area contributed by atoms with Gasteiger partial charge in [-0.05, 0) is 57.2 Å². The first-order valence-electron chi connectivity index (χ1n) is 18.5. The van der Waals surface area contributed by atoms with E-state index in [1.54, 1.807) is 0 Å². The topological polar surface area (TPSA) is 0 Å². The quantitative estimate of drug-likeness (QED) is 0.0491. The number of rotatable bonds is 7. The smallest absolute Gasteiger partial charge is 0.200 e. The number of halogens is 20. The second kappa shape index (κ2) is 18.7. The third kappa shape index (κ3) is 8.15. The Hall–Kier alpha value is -6.45. The van der Waals surface area contributed by atoms with E-state index in [2.05, 4.69) is 93.6 Å². The van der Waals surface area contributed by atoms with Crippen molar-refractivity contribution in [2.45, 2.75) is 35.5 Å². The first-order chi connectivity index (χ1) is 31.3. The van der Waals surface area contributed by atoms with E-state index < -0.39 is 144 Å². The van der Waals surface area contributed by atoms with Crippen LogP contribution in [-0.2, 0) is 10.9 Å². The summed E-state index contributed by atoms with van der Waals surface area (Å²) >= 11 is 0. The zero-order valence-corrected chi connectivity index (χ0v) is 34.3. The van der Waals surface area contributed by atoms with Crippen LogP contribution < -0.4 is 21.9 Å². The largest absolute Gasteiger partial charge is 0.207 e. The van der Waals surface area contributed by atoms with Gasteiger partial charge in [-0.3, -0.25) is 0 Å². The summed E-state index contributed by atoms with van der Waals surface area (Å²) in [4.78, 5) is 4.12. The summed E-state index contributed by atoms with van der Waals surface area (Å²) in [7, 11) is -0.0394. The number of hydrogen-bond donors (Lipinski definition) is 0. The van der Waals surface area contributed by atoms with Gasteiger partial charge in [0, 0.05) is 0 Å². The Morgan fingerprint density at radius 1 is 0.224 bits per heavy atom. The van der Waals surface area contributed by atoms with Crippen molar-refractivity contribution in [2.24, 2.45) is 0 Å². The van der Waals surface area contributed by atoms with Crippen molar-refractivity contribution in [1.29, 1.82) is 0 Å². The maximum Gasteiger partial charge on any atom is 0.200 e. The van der Waals surface area contributed by atoms with E-state index >= 15 is 35.1 Å². The molecule has 0 unspecified atom stereocenters. The molecule has 67 heavy (non-hydrogen) atoms. The fraction of sp³-hybridized carbons (Fsp3) is 0.0667. The molecule has 0 saturated carbocycles. The van der Waals surface area contributed by atoms with Gasteiger partial charge in [-0.25, -0.2) is 87.8 Å². The molecule has 0 nitrogen and oxygen atoms in total. The molecule has 7 aromatic rings. The summed E-state index contributed by atoms with van der Waals surface area (Å²) in [6.45, 7) is 6.42. The molecule has 0 aliphatic rings. The molecule has 0 N–H and O–H groups in total. The van der Waals surface area contributed by atoms with Crippen LogP contribution >= 0.6 is 0 Å². The highest BCUT2D eigenvalue weighted by molar-refractivity contribution is 7.97. The molecule has 0 spiro atoms. The summed E-state index contributed by atoms with van der Waals surface area (Å²) in [5.74, 6) is -71.4. The lowest BCUT2D eigenvalue weighted by Gasteiger charge is -2.44. The molecule has 0 atom stereocenters. The standard InChI is InChI=1S/C24BF20.C21H21S/c26-5-1(6(27)14(35)21(42)13(5)34)25(2-7(28)15(36)22(43)16(37)8(2)29,3-9(30)17(38)23(44)18(39)10(3)31)4-11(32)19(40)24(45)20(41)12(4)33;1-16-4-10-19(11-5-16)22(20-12-6-17(2)7-13-20)21-14-8-18(3)9-15-21/h;4-15H,1-3H3/q-1;+1. The fourth-order valence-electron chi connectivity index (χ4n) is 7.31. The Balaban J connectivity index is 0.000000279. The van der Waals surface area contributed by atoms with E-state index in [9.17, 15) is 52.7 Å². The highest BCUT2D eigenvalue weighted by atomic mass is 32.2. The molecule has 0 amide bonds. The zero-order chi connectivity index (χ0) is 49.9. The lowest BCUT2D eigenvalue weighted by molar-refractivity contribution is 0.378. The van der Waals surface area contributed by atoms with Gasteiger partial charge in [0.25, 0.3) is 0 Å². The molecule has 0 bridgehead atoms. The van der Waals surface area contributed by atoms with Crippen LogP contribution in [0.5, 0.6) is 0 Å². The highest BCUT2D eigenvalue weighted by Gasteiger charge is 2.52. The number of hydrogen-bond acceptors (Lipinski definition) is 0. The van der Waals surface area contributed by atoms with Gasteiger partial charge in [-0.1, -0.05) is 53.1 Å². The predicted octanol–water partition coefficient (Wildman–Crippen LogP) is 11.6. The molecule has 0 heterocycles. The van der Waals surface area contributed by atoms with Crippen LogP contribution in [0.25, 0.3) is 0 Å². The third-order valence-corrected chi connectivity index (χ3v) is 12.7. The molecule has 22 heteroatoms. The minimum absolute atomic E-state index is 0.0394. The number of benzene rings is 7. The Morgan fingerprint density at radius 3 is 0.507 bits per heavy atom. The van der Waals surface area contributed by atoms with Crippen molar-refractivity contribution in [1.82, 2.24) is 0 Å². The van der Waals surface area contributed by atoms with Gasteiger partial charge < -0.3 is 0 Å². The molecular formula is C45H21BF20S. The molecule has 7 rings (SSSR count). The van der Waals surface area contributed by atoms with Gasteiger partial charge in [0.2, 0.25) is 0 Å². The second-order valence-electron chi connectivity index (χ2n) is 14.5. The maximum absolute atomic E-state index is 15.4. The van der Waals surface area contributed by atoms with E-state index in [1.165, 1.54) is 31.4 Å². The van der Waals surface area contributed by atoms with Crippen LogP contribution in [0.2, 0.25) is 0 Å². The summed E-state index contributed by atoms with van der Waals surface area (Å²) in [6.07, 6.45) is -7.22. The lowest BCUT2D eigenvalue weighted by atomic mass is 9.12. The first kappa shape index (κ1) is 50.0. The average molecular weight is 985 g/mol. The molecule has 7 aromatic carbocycles. The van der Waals surface area contributed by atoms with E-state index in [1.807, 2.05) is 0 Å². The molecule has 0 saturated heterocycles. The van der Waals surface area contributed by atoms with Crippen LogP contribution in [0, 0.1) is 137 Å². The summed E-state index contributed by atoms with van der Waals surface area (Å²) in [6, 6.07) is 26.8. The van der Waals surface area contributed by atoms with Crippen molar-refractivity contribution < 1.29 is 87.8 Å². The van der Waals surface area contributed by atoms with Gasteiger partial charge in [-0.2, -0.15) is 0 Å². The van der Waals surface area contributed by atoms with Crippen molar-refractivity contribution in [3.63, 3.8) is 0 Å². The van der Waals surface area contributed by atoms with E-state index in [0.29, 0.717) is 0 Å². The van der Waals surface area contributed by atoms with Crippen LogP contribution in [-0.4, -0.2) is 6.15 Å². The van der Waals surface area contributed by atoms with Gasteiger partial charge in [0.15, 0.2) is 84.5 Å². The molecule has 0 aromatic heterocycles. The molecule has 0 radical (unpaired) electrons. The van der Waals surface area contributed by atoms with Crippen molar-refractivity contribution >= 4 is 38.9 Å². The molecule has 0 aliphatic carbocycles. The minimum atomic E-state index is -7.22. The molecular weight excluding hydrogens is 963 g/mol. The normalized spacial score (nSPS) is 11.6. The molecule has 0 aliphatic heterocycles. The minimum Gasteiger partial charge on any atom is -0.207 e. The summed E-state index contributed by atoms with van der Waals surface area (Å²) in [5, 5.41) is 0. The highest BCUT2D eigenvalue weighted by Crippen LogP contribution is 2.33. The third-order valence-electron chi connectivity index (χ3n) is 10.5. The van der Waals surface area contributed by atoms with Gasteiger partial charge in [-0.15, -0.1) is 21.9 Å². The first-order valence-corrected chi connectivity index (χ1v) is 19.7. The lowest BCUT2D eigenvalue weighted by Crippen LogP contribution is -2.81. The molecule has 350 valence electrons. The van der Waals surface area contributed by atoms with Crippen LogP contribution in [0.1, 0.15) is 16.7 Å². The van der Waals surface area contributed by atoms with Crippen LogP contribution in [0.15, 0.2) is 87.5 Å². The summed E-state index contributed by atoms with van der Waals surface area (Å²) < 4.78 is 294. The van der Waals surface area contributed by atoms with Gasteiger partial charge in [0.1, 0.15) is 52.7 Å². The maximum atomic E-state index is 15.4. The van der Waals surface area contributed by atoms with Gasteiger partial charge in [0.05, 0.1) is 10.9 Å². The van der Waals surface area contributed by atoms with Crippen LogP contribution in [0.4, 0.5) is 87.8 Å². The van der Waals surface area contributed by atoms with E-state index in [4.69, 9.17) is 0 Å². The number of aryl methyl sites for hydroxylation is 3. The van der Waals surface area contributed by atoms with E-state index in [0.717, 1.165) is 0 Å². The van der Waals surface area contributed by atoms with E-state index in [-0.39, 0.29) is 10.9 Å². The Labute approximate surface area is 367 Å². The zero-order valence-electron chi connectivity index (χ0n) is 33.5. The van der Waals surface area contributed by atoms with Crippen LogP contribution in [0.3, 0.4) is 0 Å². The molecule has 0 fully saturated rings. The van der Waals surface area contributed by atoms with Crippen molar-refractivity contribution in [3.8, 4) is 0 Å². The second-order valence-corrected chi connectivity index (χ2v) is 16.6. The monoisotopic (exact) mass is 984 g/mol. The Morgan fingerprint density at radius 2 is 0.358 bits per heavy atom. The summed E-state index contributed by atoms with van der Waals surface area (Å²) in [5.41, 5.74) is -10.4. The SMILES string of the molecule is Cc1ccc([S+](c2ccc(C)cc2)c2ccc(C)cc2)cc1.Fc1c(F)c(F)c([B-](c2c(F)c(F)c(F)c(F)c2F)(c2c(F)c(F)c(F)c(F)c2F)c2c(F)c(F)c(F)c(F)c2F)c(F)c1F. The van der Waals surface area contributed by atoms with Crippen molar-refractivity contribution in [3.05, 3.63) is 206 Å². The predicted molar refractivity (Wildman–Crippen MR) is 205 cm³/mol. The van der Waals surface area contributed by atoms with Crippen molar-refractivity contribution in [2.75, 3.05) is 0 Å². The Kier molecular flexibility index (Phi) is 13.9. The Bertz CT molecular complexity index is 2600.